The number of carbonyl (C=O) groups excluding carboxylic acids is 1. The Morgan fingerprint density at radius 3 is 2.55 bits per heavy atom. The summed E-state index contributed by atoms with van der Waals surface area (Å²) in [6, 6.07) is 4.38. The quantitative estimate of drug-likeness (QED) is 0.786. The number of methoxy groups -OCH3 is 1. The smallest absolute Gasteiger partial charge is 0.259 e. The Labute approximate surface area is 131 Å². The maximum absolute atomic E-state index is 13.0. The first kappa shape index (κ1) is 13.8. The summed E-state index contributed by atoms with van der Waals surface area (Å²) in [4.78, 5) is 19.3. The van der Waals surface area contributed by atoms with Crippen molar-refractivity contribution >= 4 is 5.91 Å². The molecule has 22 heavy (non-hydrogen) atoms. The minimum absolute atomic E-state index is 0.0927. The zero-order valence-electron chi connectivity index (χ0n) is 13.0. The molecule has 3 fully saturated rings. The Morgan fingerprint density at radius 1 is 1.23 bits per heavy atom. The van der Waals surface area contributed by atoms with Gasteiger partial charge in [0.2, 0.25) is 5.88 Å². The van der Waals surface area contributed by atoms with Crippen molar-refractivity contribution in [1.29, 1.82) is 0 Å². The summed E-state index contributed by atoms with van der Waals surface area (Å²) in [5, 5.41) is 0. The standard InChI is InChI=1S/C18H22N2O2/c1-22-17-16(6-3-9-19-17)18(21)20-14-7-8-15(20)11-13(10-14)12-4-2-5-12/h3,6,9,14-15H,2,4-5,7-8,10-11H2,1H3. The molecule has 1 aliphatic carbocycles. The van der Waals surface area contributed by atoms with Crippen molar-refractivity contribution < 1.29 is 9.53 Å². The molecular weight excluding hydrogens is 276 g/mol. The molecule has 116 valence electrons. The average Bonchev–Trinajstić information content (AvgIpc) is 2.75. The number of amides is 1. The van der Waals surface area contributed by atoms with Gasteiger partial charge in [0.15, 0.2) is 0 Å². The van der Waals surface area contributed by atoms with Crippen LogP contribution in [0.4, 0.5) is 0 Å². The molecule has 0 N–H and O–H groups in total. The molecule has 2 atom stereocenters. The zero-order valence-corrected chi connectivity index (χ0v) is 13.0. The van der Waals surface area contributed by atoms with Crippen molar-refractivity contribution in [1.82, 2.24) is 9.88 Å². The van der Waals surface area contributed by atoms with E-state index >= 15 is 0 Å². The largest absolute Gasteiger partial charge is 0.480 e. The van der Waals surface area contributed by atoms with Crippen molar-refractivity contribution in [3.05, 3.63) is 35.0 Å². The van der Waals surface area contributed by atoms with Crippen LogP contribution < -0.4 is 4.74 Å². The van der Waals surface area contributed by atoms with Gasteiger partial charge in [0.05, 0.1) is 7.11 Å². The number of piperidine rings is 1. The lowest BCUT2D eigenvalue weighted by Gasteiger charge is -2.38. The molecule has 1 aromatic rings. The highest BCUT2D eigenvalue weighted by Crippen LogP contribution is 2.43. The lowest BCUT2D eigenvalue weighted by Crippen LogP contribution is -2.45. The van der Waals surface area contributed by atoms with Gasteiger partial charge in [0.25, 0.3) is 5.91 Å². The average molecular weight is 298 g/mol. The van der Waals surface area contributed by atoms with Crippen molar-refractivity contribution in [3.63, 3.8) is 0 Å². The number of nitrogens with zero attached hydrogens (tertiary/aromatic N) is 2. The molecule has 2 saturated heterocycles. The topological polar surface area (TPSA) is 42.4 Å². The van der Waals surface area contributed by atoms with Crippen LogP contribution in [0.2, 0.25) is 0 Å². The zero-order chi connectivity index (χ0) is 15.1. The third-order valence-electron chi connectivity index (χ3n) is 5.47. The molecule has 0 spiro atoms. The highest BCUT2D eigenvalue weighted by Gasteiger charge is 2.43. The highest BCUT2D eigenvalue weighted by atomic mass is 16.5. The molecule has 2 unspecified atom stereocenters. The lowest BCUT2D eigenvalue weighted by atomic mass is 9.82. The molecule has 0 radical (unpaired) electrons. The van der Waals surface area contributed by atoms with Gasteiger partial charge in [-0.15, -0.1) is 0 Å². The number of hydrogen-bond donors (Lipinski definition) is 0. The Balaban J connectivity index is 1.60. The minimum atomic E-state index is 0.0927. The molecule has 0 aromatic carbocycles. The van der Waals surface area contributed by atoms with E-state index < -0.39 is 0 Å². The predicted octanol–water partition coefficient (Wildman–Crippen LogP) is 3.34. The summed E-state index contributed by atoms with van der Waals surface area (Å²) in [5.74, 6) is 0.533. The van der Waals surface area contributed by atoms with E-state index in [1.54, 1.807) is 24.5 Å². The summed E-state index contributed by atoms with van der Waals surface area (Å²) in [5.41, 5.74) is 3.94. The SMILES string of the molecule is COc1ncccc1C(=O)N1C2CCC1CC(=C1CCC1)C2. The van der Waals surface area contributed by atoms with Gasteiger partial charge in [-0.05, 0) is 57.1 Å². The fourth-order valence-electron chi connectivity index (χ4n) is 4.20. The maximum atomic E-state index is 13.0. The van der Waals surface area contributed by atoms with Gasteiger partial charge < -0.3 is 9.64 Å². The van der Waals surface area contributed by atoms with Crippen LogP contribution in [0, 0.1) is 0 Å². The number of carbonyl (C=O) groups is 1. The Hall–Kier alpha value is -1.84. The molecule has 1 aromatic heterocycles. The van der Waals surface area contributed by atoms with Gasteiger partial charge in [-0.3, -0.25) is 4.79 Å². The van der Waals surface area contributed by atoms with Crippen LogP contribution in [0.1, 0.15) is 55.3 Å². The summed E-state index contributed by atoms with van der Waals surface area (Å²) in [7, 11) is 1.57. The van der Waals surface area contributed by atoms with Crippen LogP contribution >= 0.6 is 0 Å². The number of aromatic nitrogens is 1. The third kappa shape index (κ3) is 2.13. The number of pyridine rings is 1. The molecule has 1 amide bonds. The van der Waals surface area contributed by atoms with Crippen molar-refractivity contribution in [3.8, 4) is 5.88 Å². The van der Waals surface area contributed by atoms with Crippen LogP contribution in [-0.2, 0) is 0 Å². The molecule has 3 aliphatic rings. The normalized spacial score (nSPS) is 26.9. The number of ether oxygens (including phenoxy) is 1. The molecule has 3 heterocycles. The Morgan fingerprint density at radius 2 is 1.95 bits per heavy atom. The Bertz CT molecular complexity index is 616. The molecule has 2 aliphatic heterocycles. The number of rotatable bonds is 2. The molecule has 2 bridgehead atoms. The van der Waals surface area contributed by atoms with Crippen LogP contribution in [0.3, 0.4) is 0 Å². The summed E-state index contributed by atoms with van der Waals surface area (Å²) in [6.07, 6.45) is 10.0. The highest BCUT2D eigenvalue weighted by molar-refractivity contribution is 5.97. The number of fused-ring (bicyclic) bond motifs is 2. The molecule has 4 nitrogen and oxygen atoms in total. The second-order valence-corrected chi connectivity index (χ2v) is 6.63. The molecule has 1 saturated carbocycles. The van der Waals surface area contributed by atoms with E-state index in [1.165, 1.54) is 19.3 Å². The first-order valence-electron chi connectivity index (χ1n) is 8.29. The lowest BCUT2D eigenvalue weighted by molar-refractivity contribution is 0.0628. The van der Waals surface area contributed by atoms with Gasteiger partial charge in [0, 0.05) is 18.3 Å². The van der Waals surface area contributed by atoms with E-state index in [0.29, 0.717) is 23.5 Å². The van der Waals surface area contributed by atoms with Crippen LogP contribution in [0.25, 0.3) is 0 Å². The summed E-state index contributed by atoms with van der Waals surface area (Å²) in [6.45, 7) is 0. The van der Waals surface area contributed by atoms with E-state index in [-0.39, 0.29) is 5.91 Å². The third-order valence-corrected chi connectivity index (χ3v) is 5.47. The minimum Gasteiger partial charge on any atom is -0.480 e. The fraction of sp³-hybridized carbons (Fsp3) is 0.556. The van der Waals surface area contributed by atoms with E-state index in [9.17, 15) is 4.79 Å². The fourth-order valence-corrected chi connectivity index (χ4v) is 4.20. The Kier molecular flexibility index (Phi) is 3.40. The maximum Gasteiger partial charge on any atom is 0.259 e. The van der Waals surface area contributed by atoms with Gasteiger partial charge in [-0.25, -0.2) is 4.98 Å². The van der Waals surface area contributed by atoms with Gasteiger partial charge in [-0.1, -0.05) is 11.1 Å². The summed E-state index contributed by atoms with van der Waals surface area (Å²) < 4.78 is 5.27. The number of hydrogen-bond acceptors (Lipinski definition) is 3. The second-order valence-electron chi connectivity index (χ2n) is 6.63. The summed E-state index contributed by atoms with van der Waals surface area (Å²) >= 11 is 0. The molecule has 4 rings (SSSR count). The van der Waals surface area contributed by atoms with Crippen LogP contribution in [-0.4, -0.2) is 35.0 Å². The van der Waals surface area contributed by atoms with Gasteiger partial charge >= 0.3 is 0 Å². The van der Waals surface area contributed by atoms with Gasteiger partial charge in [-0.2, -0.15) is 0 Å². The van der Waals surface area contributed by atoms with E-state index in [2.05, 4.69) is 9.88 Å². The second kappa shape index (κ2) is 5.41. The predicted molar refractivity (Wildman–Crippen MR) is 83.9 cm³/mol. The molecular formula is C18H22N2O2. The van der Waals surface area contributed by atoms with Crippen molar-refractivity contribution in [2.24, 2.45) is 0 Å². The first-order chi connectivity index (χ1) is 10.8. The van der Waals surface area contributed by atoms with E-state index in [0.717, 1.165) is 25.7 Å². The van der Waals surface area contributed by atoms with Crippen molar-refractivity contribution in [2.75, 3.05) is 7.11 Å². The van der Waals surface area contributed by atoms with Crippen LogP contribution in [0.15, 0.2) is 29.5 Å². The monoisotopic (exact) mass is 298 g/mol. The number of allylic oxidation sites excluding steroid dienone is 1. The first-order valence-corrected chi connectivity index (χ1v) is 8.29. The molecule has 4 heteroatoms. The van der Waals surface area contributed by atoms with E-state index in [1.807, 2.05) is 12.1 Å². The van der Waals surface area contributed by atoms with Gasteiger partial charge in [0.1, 0.15) is 5.56 Å². The van der Waals surface area contributed by atoms with Crippen molar-refractivity contribution in [2.45, 2.75) is 57.0 Å². The van der Waals surface area contributed by atoms with E-state index in [4.69, 9.17) is 4.74 Å². The van der Waals surface area contributed by atoms with Crippen LogP contribution in [0.5, 0.6) is 5.88 Å².